The fourth-order valence-corrected chi connectivity index (χ4v) is 3.89. The molecule has 2 aromatic carbocycles. The van der Waals surface area contributed by atoms with Crippen molar-refractivity contribution in [3.8, 4) is 28.7 Å². The van der Waals surface area contributed by atoms with Crippen LogP contribution in [0.3, 0.4) is 0 Å². The van der Waals surface area contributed by atoms with Crippen molar-refractivity contribution in [2.45, 2.75) is 13.0 Å². The van der Waals surface area contributed by atoms with E-state index in [9.17, 15) is 9.18 Å². The zero-order chi connectivity index (χ0) is 22.2. The molecule has 9 heteroatoms. The second kappa shape index (κ2) is 7.92. The number of hydrogen-bond donors (Lipinski definition) is 0. The van der Waals surface area contributed by atoms with E-state index in [-0.39, 0.29) is 17.6 Å². The van der Waals surface area contributed by atoms with Crippen molar-refractivity contribution < 1.29 is 18.4 Å². The molecule has 1 amide bonds. The van der Waals surface area contributed by atoms with Crippen LogP contribution in [-0.4, -0.2) is 44.4 Å². The summed E-state index contributed by atoms with van der Waals surface area (Å²) >= 11 is 0. The molecular formula is C23H20FN5O3. The van der Waals surface area contributed by atoms with E-state index in [1.54, 1.807) is 53.1 Å². The van der Waals surface area contributed by atoms with Crippen molar-refractivity contribution in [1.82, 2.24) is 24.8 Å². The lowest BCUT2D eigenvalue weighted by molar-refractivity contribution is 0.0733. The molecule has 3 heterocycles. The number of carbonyl (C=O) groups is 1. The Morgan fingerprint density at radius 1 is 1.12 bits per heavy atom. The normalized spacial score (nSPS) is 13.2. The summed E-state index contributed by atoms with van der Waals surface area (Å²) in [6.07, 6.45) is 0.666. The van der Waals surface area contributed by atoms with Gasteiger partial charge in [-0.15, -0.1) is 0 Å². The van der Waals surface area contributed by atoms with Crippen molar-refractivity contribution in [2.75, 3.05) is 13.7 Å². The van der Waals surface area contributed by atoms with Gasteiger partial charge < -0.3 is 14.2 Å². The molecule has 0 spiro atoms. The maximum Gasteiger partial charge on any atom is 0.279 e. The van der Waals surface area contributed by atoms with E-state index in [1.807, 2.05) is 7.05 Å². The molecule has 0 unspecified atom stereocenters. The molecule has 0 atom stereocenters. The maximum atomic E-state index is 13.2. The van der Waals surface area contributed by atoms with Gasteiger partial charge >= 0.3 is 0 Å². The highest BCUT2D eigenvalue weighted by molar-refractivity contribution is 5.94. The highest BCUT2D eigenvalue weighted by Gasteiger charge is 2.30. The molecule has 5 rings (SSSR count). The van der Waals surface area contributed by atoms with E-state index in [1.165, 1.54) is 12.1 Å². The van der Waals surface area contributed by atoms with Gasteiger partial charge in [0.2, 0.25) is 5.82 Å². The molecule has 162 valence electrons. The minimum atomic E-state index is -0.335. The fraction of sp³-hybridized carbons (Fsp3) is 0.217. The second-order valence-electron chi connectivity index (χ2n) is 7.53. The number of amides is 1. The topological polar surface area (TPSA) is 86.3 Å². The summed E-state index contributed by atoms with van der Waals surface area (Å²) in [7, 11) is 3.45. The molecule has 0 aliphatic carbocycles. The molecule has 8 nitrogen and oxygen atoms in total. The van der Waals surface area contributed by atoms with Crippen LogP contribution in [0.1, 0.15) is 21.6 Å². The molecule has 4 aromatic rings. The predicted octanol–water partition coefficient (Wildman–Crippen LogP) is 3.48. The van der Waals surface area contributed by atoms with Crippen LogP contribution in [0.2, 0.25) is 0 Å². The van der Waals surface area contributed by atoms with Crippen LogP contribution < -0.4 is 4.74 Å². The maximum absolute atomic E-state index is 13.2. The van der Waals surface area contributed by atoms with Crippen LogP contribution in [0.4, 0.5) is 4.39 Å². The molecule has 0 saturated carbocycles. The number of fused-ring (bicyclic) bond motifs is 1. The minimum absolute atomic E-state index is 0.0642. The Morgan fingerprint density at radius 3 is 2.59 bits per heavy atom. The third-order valence-electron chi connectivity index (χ3n) is 5.60. The van der Waals surface area contributed by atoms with E-state index >= 15 is 0 Å². The Balaban J connectivity index is 1.43. The third-order valence-corrected chi connectivity index (χ3v) is 5.60. The first kappa shape index (κ1) is 19.9. The quantitative estimate of drug-likeness (QED) is 0.490. The zero-order valence-electron chi connectivity index (χ0n) is 17.6. The summed E-state index contributed by atoms with van der Waals surface area (Å²) in [6.45, 7) is 0.971. The molecular weight excluding hydrogens is 413 g/mol. The van der Waals surface area contributed by atoms with Gasteiger partial charge in [0.05, 0.1) is 13.7 Å². The number of aromatic nitrogens is 4. The molecule has 0 fully saturated rings. The first-order chi connectivity index (χ1) is 15.5. The van der Waals surface area contributed by atoms with Gasteiger partial charge in [-0.05, 0) is 48.5 Å². The first-order valence-electron chi connectivity index (χ1n) is 10.1. The number of aryl methyl sites for hydroxylation is 1. The van der Waals surface area contributed by atoms with Gasteiger partial charge in [0.1, 0.15) is 11.6 Å². The standard InChI is InChI=1S/C23H20FN5O3/c1-28-19-11-12-29(23(30)15-5-9-17(31-2)10-6-15)13-18(19)20(26-28)22-25-21(27-32-22)14-3-7-16(24)8-4-14/h3-10H,11-13H2,1-2H3. The molecule has 0 saturated heterocycles. The van der Waals surface area contributed by atoms with E-state index < -0.39 is 0 Å². The predicted molar refractivity (Wildman–Crippen MR) is 113 cm³/mol. The van der Waals surface area contributed by atoms with Gasteiger partial charge in [0.25, 0.3) is 11.8 Å². The van der Waals surface area contributed by atoms with E-state index in [0.717, 1.165) is 11.3 Å². The first-order valence-corrected chi connectivity index (χ1v) is 10.1. The second-order valence-corrected chi connectivity index (χ2v) is 7.53. The van der Waals surface area contributed by atoms with Crippen LogP contribution >= 0.6 is 0 Å². The van der Waals surface area contributed by atoms with Gasteiger partial charge in [-0.25, -0.2) is 4.39 Å². The number of rotatable bonds is 4. The Kier molecular flexibility index (Phi) is 4.93. The summed E-state index contributed by atoms with van der Waals surface area (Å²) < 4.78 is 25.6. The number of ether oxygens (including phenoxy) is 1. The fourth-order valence-electron chi connectivity index (χ4n) is 3.89. The summed E-state index contributed by atoms with van der Waals surface area (Å²) in [4.78, 5) is 19.3. The lowest BCUT2D eigenvalue weighted by Crippen LogP contribution is -2.36. The van der Waals surface area contributed by atoms with E-state index in [2.05, 4.69) is 15.2 Å². The number of nitrogens with zero attached hydrogens (tertiary/aromatic N) is 5. The smallest absolute Gasteiger partial charge is 0.279 e. The van der Waals surface area contributed by atoms with Gasteiger partial charge in [0, 0.05) is 42.4 Å². The molecule has 1 aliphatic heterocycles. The van der Waals surface area contributed by atoms with Gasteiger partial charge in [-0.2, -0.15) is 10.1 Å². The van der Waals surface area contributed by atoms with Crippen molar-refractivity contribution in [1.29, 1.82) is 0 Å². The average molecular weight is 433 g/mol. The minimum Gasteiger partial charge on any atom is -0.497 e. The molecule has 0 radical (unpaired) electrons. The molecule has 1 aliphatic rings. The lowest BCUT2D eigenvalue weighted by Gasteiger charge is -2.27. The van der Waals surface area contributed by atoms with Gasteiger partial charge in [-0.3, -0.25) is 9.48 Å². The van der Waals surface area contributed by atoms with Crippen LogP contribution in [0.5, 0.6) is 5.75 Å². The van der Waals surface area contributed by atoms with E-state index in [4.69, 9.17) is 9.26 Å². The van der Waals surface area contributed by atoms with Crippen LogP contribution in [0.15, 0.2) is 53.1 Å². The highest BCUT2D eigenvalue weighted by atomic mass is 19.1. The third kappa shape index (κ3) is 3.51. The lowest BCUT2D eigenvalue weighted by atomic mass is 10.0. The van der Waals surface area contributed by atoms with Crippen molar-refractivity contribution in [2.24, 2.45) is 7.05 Å². The average Bonchev–Trinajstić information content (AvgIpc) is 3.44. The van der Waals surface area contributed by atoms with Crippen molar-refractivity contribution >= 4 is 5.91 Å². The Labute approximate surface area is 183 Å². The van der Waals surface area contributed by atoms with Crippen LogP contribution in [0.25, 0.3) is 23.0 Å². The van der Waals surface area contributed by atoms with Gasteiger partial charge in [0.15, 0.2) is 5.69 Å². The summed E-state index contributed by atoms with van der Waals surface area (Å²) in [5.41, 5.74) is 3.70. The highest BCUT2D eigenvalue weighted by Crippen LogP contribution is 2.31. The monoisotopic (exact) mass is 433 g/mol. The largest absolute Gasteiger partial charge is 0.497 e. The number of halogens is 1. The number of methoxy groups -OCH3 is 1. The van der Waals surface area contributed by atoms with Crippen molar-refractivity contribution in [3.63, 3.8) is 0 Å². The molecule has 32 heavy (non-hydrogen) atoms. The summed E-state index contributed by atoms with van der Waals surface area (Å²) in [5, 5.41) is 8.60. The Hall–Kier alpha value is -4.01. The number of benzene rings is 2. The molecule has 0 bridgehead atoms. The van der Waals surface area contributed by atoms with E-state index in [0.29, 0.717) is 47.9 Å². The molecule has 0 N–H and O–H groups in total. The van der Waals surface area contributed by atoms with Crippen LogP contribution in [-0.2, 0) is 20.0 Å². The van der Waals surface area contributed by atoms with Crippen molar-refractivity contribution in [3.05, 3.63) is 71.2 Å². The summed E-state index contributed by atoms with van der Waals surface area (Å²) in [5.74, 6) is 0.912. The zero-order valence-corrected chi connectivity index (χ0v) is 17.6. The van der Waals surface area contributed by atoms with Gasteiger partial charge in [-0.1, -0.05) is 5.16 Å². The van der Waals surface area contributed by atoms with Crippen LogP contribution in [0, 0.1) is 5.82 Å². The summed E-state index contributed by atoms with van der Waals surface area (Å²) in [6, 6.07) is 12.9. The number of carbonyl (C=O) groups excluding carboxylic acids is 1. The Morgan fingerprint density at radius 2 is 1.88 bits per heavy atom. The number of hydrogen-bond acceptors (Lipinski definition) is 6. The molecule has 2 aromatic heterocycles. The Bertz CT molecular complexity index is 1280. The SMILES string of the molecule is COc1ccc(C(=O)N2CCc3c(c(-c4nc(-c5ccc(F)cc5)no4)nn3C)C2)cc1.